The molecule has 0 bridgehead atoms. The van der Waals surface area contributed by atoms with Crippen molar-refractivity contribution in [1.29, 1.82) is 0 Å². The van der Waals surface area contributed by atoms with E-state index in [2.05, 4.69) is 15.5 Å². The lowest BCUT2D eigenvalue weighted by Gasteiger charge is -2.09. The zero-order valence-corrected chi connectivity index (χ0v) is 9.02. The molecule has 18 heavy (non-hydrogen) atoms. The van der Waals surface area contributed by atoms with Crippen LogP contribution in [0.5, 0.6) is 0 Å². The number of anilines is 2. The Hall–Kier alpha value is -2.57. The third-order valence-electron chi connectivity index (χ3n) is 2.21. The fraction of sp³-hybridized carbons (Fsp3) is 0. The molecule has 1 aromatic heterocycles. The molecule has 0 saturated heterocycles. The van der Waals surface area contributed by atoms with Crippen molar-refractivity contribution in [2.75, 3.05) is 11.1 Å². The first-order valence-corrected chi connectivity index (χ1v) is 4.91. The van der Waals surface area contributed by atoms with E-state index in [4.69, 9.17) is 5.73 Å². The lowest BCUT2D eigenvalue weighted by molar-refractivity contribution is 0.102. The fourth-order valence-electron chi connectivity index (χ4n) is 1.30. The van der Waals surface area contributed by atoms with Gasteiger partial charge in [0.25, 0.3) is 5.91 Å². The third kappa shape index (κ3) is 2.24. The zero-order valence-electron chi connectivity index (χ0n) is 9.02. The predicted molar refractivity (Wildman–Crippen MR) is 60.8 cm³/mol. The van der Waals surface area contributed by atoms with E-state index in [1.165, 1.54) is 24.5 Å². The van der Waals surface area contributed by atoms with Gasteiger partial charge in [0, 0.05) is 0 Å². The number of nitrogens with one attached hydrogen (secondary N) is 1. The lowest BCUT2D eigenvalue weighted by atomic mass is 10.2. The molecule has 0 atom stereocenters. The summed E-state index contributed by atoms with van der Waals surface area (Å²) in [6.07, 6.45) is 2.50. The monoisotopic (exact) mass is 250 g/mol. The maximum Gasteiger partial charge on any atom is 0.257 e. The number of nitrogen functional groups attached to an aromatic ring is 1. The summed E-state index contributed by atoms with van der Waals surface area (Å²) in [5.74, 6) is -2.95. The van der Waals surface area contributed by atoms with Crippen LogP contribution in [0, 0.1) is 11.6 Å². The minimum Gasteiger partial charge on any atom is -0.397 e. The molecule has 92 valence electrons. The van der Waals surface area contributed by atoms with Crippen molar-refractivity contribution in [2.24, 2.45) is 0 Å². The van der Waals surface area contributed by atoms with Gasteiger partial charge in [0.15, 0.2) is 11.6 Å². The first kappa shape index (κ1) is 11.9. The van der Waals surface area contributed by atoms with Crippen LogP contribution >= 0.6 is 0 Å². The normalized spacial score (nSPS) is 10.1. The standard InChI is InChI=1S/C11H8F2N4O/c12-7-1-2-8(14)10(9(7)13)17-11(18)6-3-4-15-16-5-6/h1-5H,14H2,(H,17,18). The Morgan fingerprint density at radius 3 is 2.67 bits per heavy atom. The number of carbonyl (C=O) groups excluding carboxylic acids is 1. The van der Waals surface area contributed by atoms with E-state index in [9.17, 15) is 13.6 Å². The molecule has 0 aliphatic carbocycles. The van der Waals surface area contributed by atoms with E-state index < -0.39 is 23.2 Å². The van der Waals surface area contributed by atoms with E-state index in [0.29, 0.717) is 0 Å². The van der Waals surface area contributed by atoms with Gasteiger partial charge in [0.05, 0.1) is 23.6 Å². The predicted octanol–water partition coefficient (Wildman–Crippen LogP) is 1.59. The van der Waals surface area contributed by atoms with Crippen molar-refractivity contribution in [3.63, 3.8) is 0 Å². The molecule has 1 heterocycles. The van der Waals surface area contributed by atoms with Crippen LogP contribution < -0.4 is 11.1 Å². The van der Waals surface area contributed by atoms with Gasteiger partial charge in [-0.1, -0.05) is 0 Å². The first-order chi connectivity index (χ1) is 8.59. The molecule has 2 rings (SSSR count). The van der Waals surface area contributed by atoms with Gasteiger partial charge in [-0.2, -0.15) is 10.2 Å². The average molecular weight is 250 g/mol. The van der Waals surface area contributed by atoms with Crippen molar-refractivity contribution in [1.82, 2.24) is 10.2 Å². The summed E-state index contributed by atoms with van der Waals surface area (Å²) in [7, 11) is 0. The Labute approximate surface area is 101 Å². The fourth-order valence-corrected chi connectivity index (χ4v) is 1.30. The highest BCUT2D eigenvalue weighted by atomic mass is 19.2. The van der Waals surface area contributed by atoms with E-state index in [1.54, 1.807) is 0 Å². The van der Waals surface area contributed by atoms with Crippen LogP contribution in [0.2, 0.25) is 0 Å². The summed E-state index contributed by atoms with van der Waals surface area (Å²) in [6.45, 7) is 0. The van der Waals surface area contributed by atoms with Crippen molar-refractivity contribution in [3.05, 3.63) is 47.8 Å². The van der Waals surface area contributed by atoms with Crippen LogP contribution in [0.25, 0.3) is 0 Å². The van der Waals surface area contributed by atoms with Crippen molar-refractivity contribution in [2.45, 2.75) is 0 Å². The van der Waals surface area contributed by atoms with Gasteiger partial charge in [-0.3, -0.25) is 4.79 Å². The van der Waals surface area contributed by atoms with Gasteiger partial charge < -0.3 is 11.1 Å². The molecule has 0 fully saturated rings. The van der Waals surface area contributed by atoms with Crippen LogP contribution in [0.1, 0.15) is 10.4 Å². The van der Waals surface area contributed by atoms with Crippen molar-refractivity contribution < 1.29 is 13.6 Å². The quantitative estimate of drug-likeness (QED) is 0.793. The Morgan fingerprint density at radius 2 is 2.00 bits per heavy atom. The van der Waals surface area contributed by atoms with E-state index in [0.717, 1.165) is 6.07 Å². The highest BCUT2D eigenvalue weighted by Crippen LogP contribution is 2.24. The SMILES string of the molecule is Nc1ccc(F)c(F)c1NC(=O)c1ccnnc1. The van der Waals surface area contributed by atoms with Crippen LogP contribution in [-0.4, -0.2) is 16.1 Å². The van der Waals surface area contributed by atoms with E-state index >= 15 is 0 Å². The Morgan fingerprint density at radius 1 is 1.22 bits per heavy atom. The molecule has 0 aliphatic heterocycles. The smallest absolute Gasteiger partial charge is 0.257 e. The van der Waals surface area contributed by atoms with Gasteiger partial charge in [0.2, 0.25) is 0 Å². The van der Waals surface area contributed by atoms with Crippen LogP contribution in [0.3, 0.4) is 0 Å². The second-order valence-corrected chi connectivity index (χ2v) is 3.41. The molecule has 0 saturated carbocycles. The second kappa shape index (κ2) is 4.74. The van der Waals surface area contributed by atoms with Crippen LogP contribution in [0.4, 0.5) is 20.2 Å². The molecule has 0 unspecified atom stereocenters. The van der Waals surface area contributed by atoms with Crippen molar-refractivity contribution in [3.8, 4) is 0 Å². The molecule has 2 aromatic rings. The molecule has 5 nitrogen and oxygen atoms in total. The van der Waals surface area contributed by atoms with E-state index in [1.807, 2.05) is 0 Å². The average Bonchev–Trinajstić information content (AvgIpc) is 2.40. The van der Waals surface area contributed by atoms with Crippen LogP contribution in [0.15, 0.2) is 30.6 Å². The Bertz CT molecular complexity index is 589. The minimum atomic E-state index is -1.20. The maximum absolute atomic E-state index is 13.4. The summed E-state index contributed by atoms with van der Waals surface area (Å²) >= 11 is 0. The molecule has 7 heteroatoms. The molecule has 0 spiro atoms. The highest BCUT2D eigenvalue weighted by molar-refractivity contribution is 6.05. The summed E-state index contributed by atoms with van der Waals surface area (Å²) in [5.41, 5.74) is 5.17. The number of rotatable bonds is 2. The van der Waals surface area contributed by atoms with Crippen molar-refractivity contribution >= 4 is 17.3 Å². The highest BCUT2D eigenvalue weighted by Gasteiger charge is 2.15. The van der Waals surface area contributed by atoms with Crippen LogP contribution in [-0.2, 0) is 0 Å². The summed E-state index contributed by atoms with van der Waals surface area (Å²) < 4.78 is 26.4. The molecule has 0 aliphatic rings. The summed E-state index contributed by atoms with van der Waals surface area (Å²) in [5, 5.41) is 9.18. The Kier molecular flexibility index (Phi) is 3.13. The molecule has 1 aromatic carbocycles. The maximum atomic E-state index is 13.4. The minimum absolute atomic E-state index is 0.0655. The van der Waals surface area contributed by atoms with Gasteiger partial charge in [0.1, 0.15) is 5.69 Å². The first-order valence-electron chi connectivity index (χ1n) is 4.91. The molecule has 3 N–H and O–H groups in total. The number of carbonyl (C=O) groups is 1. The number of hydrogen-bond acceptors (Lipinski definition) is 4. The summed E-state index contributed by atoms with van der Waals surface area (Å²) in [4.78, 5) is 11.7. The number of aromatic nitrogens is 2. The number of nitrogens with two attached hydrogens (primary N) is 1. The number of halogens is 2. The van der Waals surface area contributed by atoms with Gasteiger partial charge in [-0.15, -0.1) is 0 Å². The number of nitrogens with zero attached hydrogens (tertiary/aromatic N) is 2. The molecular formula is C11H8F2N4O. The Balaban J connectivity index is 2.30. The lowest BCUT2D eigenvalue weighted by Crippen LogP contribution is -2.15. The third-order valence-corrected chi connectivity index (χ3v) is 2.21. The largest absolute Gasteiger partial charge is 0.397 e. The molecular weight excluding hydrogens is 242 g/mol. The molecule has 1 amide bonds. The zero-order chi connectivity index (χ0) is 13.1. The number of amides is 1. The van der Waals surface area contributed by atoms with E-state index in [-0.39, 0.29) is 11.3 Å². The van der Waals surface area contributed by atoms with Gasteiger partial charge in [-0.05, 0) is 18.2 Å². The molecule has 0 radical (unpaired) electrons. The summed E-state index contributed by atoms with van der Waals surface area (Å²) in [6, 6.07) is 3.43. The van der Waals surface area contributed by atoms with Gasteiger partial charge >= 0.3 is 0 Å². The number of hydrogen-bond donors (Lipinski definition) is 2. The topological polar surface area (TPSA) is 80.9 Å². The number of benzene rings is 1. The van der Waals surface area contributed by atoms with Gasteiger partial charge in [-0.25, -0.2) is 8.78 Å². The second-order valence-electron chi connectivity index (χ2n) is 3.41.